The first-order valence-corrected chi connectivity index (χ1v) is 7.83. The monoisotopic (exact) mass is 352 g/mol. The number of hydrogen-bond acceptors (Lipinski definition) is 6. The van der Waals surface area contributed by atoms with Gasteiger partial charge in [-0.15, -0.1) is 0 Å². The van der Waals surface area contributed by atoms with E-state index in [1.807, 2.05) is 0 Å². The molecule has 0 fully saturated rings. The quantitative estimate of drug-likeness (QED) is 0.832. The molecule has 118 valence electrons. The van der Waals surface area contributed by atoms with Gasteiger partial charge in [0.15, 0.2) is 0 Å². The van der Waals surface area contributed by atoms with E-state index in [2.05, 4.69) is 15.0 Å². The molecule has 2 rings (SSSR count). The minimum Gasteiger partial charge on any atom is -0.383 e. The minimum absolute atomic E-state index is 0.0334. The molecule has 0 radical (unpaired) electrons. The topological polar surface area (TPSA) is 98.8 Å². The number of aromatic nitrogens is 3. The summed E-state index contributed by atoms with van der Waals surface area (Å²) in [5.74, 6) is -0.260. The van der Waals surface area contributed by atoms with Crippen LogP contribution in [0.25, 0.3) is 11.3 Å². The fourth-order valence-corrected chi connectivity index (χ4v) is 2.31. The van der Waals surface area contributed by atoms with Crippen molar-refractivity contribution in [3.05, 3.63) is 29.0 Å². The van der Waals surface area contributed by atoms with Crippen molar-refractivity contribution in [2.75, 3.05) is 12.0 Å². The highest BCUT2D eigenvalue weighted by Gasteiger charge is 2.32. The zero-order chi connectivity index (χ0) is 16.7. The Hall–Kier alpha value is -1.94. The van der Waals surface area contributed by atoms with Gasteiger partial charge in [0.1, 0.15) is 5.82 Å². The lowest BCUT2D eigenvalue weighted by Crippen LogP contribution is -2.08. The van der Waals surface area contributed by atoms with Gasteiger partial charge in [-0.2, -0.15) is 13.2 Å². The molecule has 0 aliphatic rings. The summed E-state index contributed by atoms with van der Waals surface area (Å²) in [4.78, 5) is 10.8. The number of sulfone groups is 1. The molecule has 11 heteroatoms. The molecule has 0 unspecified atom stereocenters. The van der Waals surface area contributed by atoms with Crippen molar-refractivity contribution in [1.29, 1.82) is 0 Å². The van der Waals surface area contributed by atoms with Gasteiger partial charge in [0.25, 0.3) is 0 Å². The summed E-state index contributed by atoms with van der Waals surface area (Å²) in [5.41, 5.74) is 4.54. The summed E-state index contributed by atoms with van der Waals surface area (Å²) >= 11 is 5.78. The Morgan fingerprint density at radius 2 is 1.86 bits per heavy atom. The van der Waals surface area contributed by atoms with Crippen LogP contribution >= 0.6 is 11.6 Å². The maximum absolute atomic E-state index is 12.6. The fourth-order valence-electron chi connectivity index (χ4n) is 1.53. The maximum atomic E-state index is 12.6. The largest absolute Gasteiger partial charge is 0.417 e. The van der Waals surface area contributed by atoms with Crippen LogP contribution in [0.3, 0.4) is 0 Å². The van der Waals surface area contributed by atoms with Crippen LogP contribution in [0.15, 0.2) is 23.6 Å². The van der Waals surface area contributed by atoms with Crippen molar-refractivity contribution >= 4 is 27.3 Å². The zero-order valence-electron chi connectivity index (χ0n) is 10.9. The van der Waals surface area contributed by atoms with E-state index in [0.29, 0.717) is 12.3 Å². The number of rotatable bonds is 2. The van der Waals surface area contributed by atoms with Gasteiger partial charge in [0, 0.05) is 18.6 Å². The molecule has 0 aromatic carbocycles. The predicted octanol–water partition coefficient (Wildman–Crippen LogP) is 2.20. The van der Waals surface area contributed by atoms with Crippen LogP contribution in [0.1, 0.15) is 5.56 Å². The second-order valence-electron chi connectivity index (χ2n) is 4.28. The molecule has 0 atom stereocenters. The van der Waals surface area contributed by atoms with E-state index in [-0.39, 0.29) is 22.1 Å². The van der Waals surface area contributed by atoms with Gasteiger partial charge in [0.2, 0.25) is 15.0 Å². The normalized spacial score (nSPS) is 12.4. The van der Waals surface area contributed by atoms with Crippen LogP contribution < -0.4 is 5.73 Å². The number of pyridine rings is 1. The first-order valence-electron chi connectivity index (χ1n) is 5.56. The van der Waals surface area contributed by atoms with Crippen molar-refractivity contribution in [3.63, 3.8) is 0 Å². The number of halogens is 4. The number of anilines is 1. The van der Waals surface area contributed by atoms with Crippen LogP contribution in [0.4, 0.5) is 19.0 Å². The van der Waals surface area contributed by atoms with Gasteiger partial charge in [-0.05, 0) is 6.07 Å². The number of nitrogen functional groups attached to an aromatic ring is 1. The Balaban J connectivity index is 2.54. The molecule has 2 heterocycles. The lowest BCUT2D eigenvalue weighted by molar-refractivity contribution is -0.137. The van der Waals surface area contributed by atoms with E-state index in [1.54, 1.807) is 0 Å². The molecular weight excluding hydrogens is 345 g/mol. The molecular formula is C11H8ClF3N4O2S. The second kappa shape index (κ2) is 5.36. The lowest BCUT2D eigenvalue weighted by Gasteiger charge is -2.10. The van der Waals surface area contributed by atoms with Crippen molar-refractivity contribution in [1.82, 2.24) is 15.0 Å². The lowest BCUT2D eigenvalue weighted by atomic mass is 10.1. The Morgan fingerprint density at radius 1 is 1.23 bits per heavy atom. The number of nitrogens with zero attached hydrogens (tertiary/aromatic N) is 3. The molecule has 0 saturated heterocycles. The Kier molecular flexibility index (Phi) is 4.00. The van der Waals surface area contributed by atoms with Gasteiger partial charge in [-0.1, -0.05) is 11.6 Å². The molecule has 2 N–H and O–H groups in total. The summed E-state index contributed by atoms with van der Waals surface area (Å²) in [7, 11) is -3.66. The highest BCUT2D eigenvalue weighted by molar-refractivity contribution is 7.90. The average Bonchev–Trinajstić information content (AvgIpc) is 2.37. The molecule has 0 aliphatic heterocycles. The van der Waals surface area contributed by atoms with E-state index in [1.165, 1.54) is 0 Å². The molecule has 0 saturated carbocycles. The Labute approximate surface area is 128 Å². The Bertz CT molecular complexity index is 840. The molecule has 0 spiro atoms. The number of hydrogen-bond donors (Lipinski definition) is 1. The Morgan fingerprint density at radius 3 is 2.32 bits per heavy atom. The molecule has 22 heavy (non-hydrogen) atoms. The van der Waals surface area contributed by atoms with Gasteiger partial charge in [-0.25, -0.2) is 18.4 Å². The molecule has 0 aliphatic carbocycles. The molecule has 0 bridgehead atoms. The van der Waals surface area contributed by atoms with Crippen molar-refractivity contribution in [3.8, 4) is 11.3 Å². The SMILES string of the molecule is CS(=O)(=O)c1ncc(-c2ncc(C(F)(F)F)cc2Cl)c(N)n1. The van der Waals surface area contributed by atoms with Gasteiger partial charge in [0.05, 0.1) is 21.8 Å². The van der Waals surface area contributed by atoms with E-state index in [9.17, 15) is 21.6 Å². The molecule has 6 nitrogen and oxygen atoms in total. The van der Waals surface area contributed by atoms with Crippen LogP contribution in [0.2, 0.25) is 5.02 Å². The molecule has 2 aromatic rings. The number of nitrogens with two attached hydrogens (primary N) is 1. The van der Waals surface area contributed by atoms with E-state index in [4.69, 9.17) is 17.3 Å². The molecule has 0 amide bonds. The summed E-state index contributed by atoms with van der Waals surface area (Å²) < 4.78 is 60.3. The van der Waals surface area contributed by atoms with Crippen molar-refractivity contribution in [2.45, 2.75) is 11.3 Å². The van der Waals surface area contributed by atoms with Crippen LogP contribution in [-0.2, 0) is 16.0 Å². The summed E-state index contributed by atoms with van der Waals surface area (Å²) in [5, 5.41) is -0.811. The second-order valence-corrected chi connectivity index (χ2v) is 6.59. The minimum atomic E-state index is -4.59. The third kappa shape index (κ3) is 3.28. The predicted molar refractivity (Wildman–Crippen MR) is 72.8 cm³/mol. The van der Waals surface area contributed by atoms with E-state index >= 15 is 0 Å². The van der Waals surface area contributed by atoms with Crippen LogP contribution in [-0.4, -0.2) is 29.6 Å². The van der Waals surface area contributed by atoms with Crippen LogP contribution in [0, 0.1) is 0 Å². The standard InChI is InChI=1S/C11H8ClF3N4O2S/c1-22(20,21)10-18-4-6(9(16)19-10)8-7(12)2-5(3-17-8)11(13,14)15/h2-4H,1H3,(H2,16,18,19). The molecule has 2 aromatic heterocycles. The van der Waals surface area contributed by atoms with Gasteiger partial charge >= 0.3 is 6.18 Å². The first kappa shape index (κ1) is 16.4. The van der Waals surface area contributed by atoms with Gasteiger partial charge in [-0.3, -0.25) is 4.98 Å². The number of alkyl halides is 3. The van der Waals surface area contributed by atoms with Gasteiger partial charge < -0.3 is 5.73 Å². The highest BCUT2D eigenvalue weighted by Crippen LogP contribution is 2.35. The first-order chi connectivity index (χ1) is 10.00. The van der Waals surface area contributed by atoms with Crippen LogP contribution in [0.5, 0.6) is 0 Å². The summed E-state index contributed by atoms with van der Waals surface area (Å²) in [6.45, 7) is 0. The van der Waals surface area contributed by atoms with Crippen molar-refractivity contribution < 1.29 is 21.6 Å². The average molecular weight is 353 g/mol. The maximum Gasteiger partial charge on any atom is 0.417 e. The van der Waals surface area contributed by atoms with E-state index in [0.717, 1.165) is 12.5 Å². The zero-order valence-corrected chi connectivity index (χ0v) is 12.5. The third-order valence-corrected chi connectivity index (χ3v) is 3.70. The highest BCUT2D eigenvalue weighted by atomic mass is 35.5. The summed E-state index contributed by atoms with van der Waals surface area (Å²) in [6, 6.07) is 0.688. The van der Waals surface area contributed by atoms with E-state index < -0.39 is 26.7 Å². The smallest absolute Gasteiger partial charge is 0.383 e. The fraction of sp³-hybridized carbons (Fsp3) is 0.182. The summed E-state index contributed by atoms with van der Waals surface area (Å²) in [6.07, 6.45) is -2.06. The third-order valence-electron chi connectivity index (χ3n) is 2.55. The van der Waals surface area contributed by atoms with Crippen molar-refractivity contribution in [2.24, 2.45) is 0 Å².